The standard InChI is InChI=1S/C13H19NO4/c1-9(15)17-8-12-5-4-11(7-18-12)14-13(16)6-10-2-3-10/h4-5,10-12H,2-3,6-8H2,1H3,(H,14,16)/t11-,12-/m1/s1. The Morgan fingerprint density at radius 3 is 2.72 bits per heavy atom. The van der Waals surface area contributed by atoms with Crippen LogP contribution in [0.15, 0.2) is 12.2 Å². The summed E-state index contributed by atoms with van der Waals surface area (Å²) in [5, 5.41) is 2.92. The molecule has 0 spiro atoms. The van der Waals surface area contributed by atoms with Gasteiger partial charge in [0.15, 0.2) is 0 Å². The molecule has 1 heterocycles. The van der Waals surface area contributed by atoms with Crippen LogP contribution >= 0.6 is 0 Å². The first kappa shape index (κ1) is 13.1. The molecular weight excluding hydrogens is 234 g/mol. The summed E-state index contributed by atoms with van der Waals surface area (Å²) in [4.78, 5) is 22.2. The molecule has 0 radical (unpaired) electrons. The third kappa shape index (κ3) is 4.49. The quantitative estimate of drug-likeness (QED) is 0.581. The van der Waals surface area contributed by atoms with Gasteiger partial charge in [0.05, 0.1) is 12.6 Å². The van der Waals surface area contributed by atoms with E-state index in [2.05, 4.69) is 5.32 Å². The molecule has 0 unspecified atom stereocenters. The SMILES string of the molecule is CC(=O)OC[C@H]1C=C[C@@H](NC(=O)CC2CC2)CO1. The second kappa shape index (κ2) is 6.00. The van der Waals surface area contributed by atoms with Crippen molar-refractivity contribution in [1.82, 2.24) is 5.32 Å². The Bertz CT molecular complexity index is 349. The Labute approximate surface area is 107 Å². The summed E-state index contributed by atoms with van der Waals surface area (Å²) in [6, 6.07) is -0.0650. The number of carbonyl (C=O) groups is 2. The molecule has 100 valence electrons. The van der Waals surface area contributed by atoms with E-state index >= 15 is 0 Å². The molecule has 0 aromatic heterocycles. The van der Waals surface area contributed by atoms with Gasteiger partial charge in [-0.25, -0.2) is 0 Å². The summed E-state index contributed by atoms with van der Waals surface area (Å²) in [5.41, 5.74) is 0. The Morgan fingerprint density at radius 2 is 2.17 bits per heavy atom. The predicted molar refractivity (Wildman–Crippen MR) is 64.8 cm³/mol. The minimum atomic E-state index is -0.313. The second-order valence-electron chi connectivity index (χ2n) is 4.88. The van der Waals surface area contributed by atoms with Crippen molar-refractivity contribution >= 4 is 11.9 Å². The van der Waals surface area contributed by atoms with E-state index in [0.29, 0.717) is 18.9 Å². The Morgan fingerprint density at radius 1 is 1.39 bits per heavy atom. The van der Waals surface area contributed by atoms with Crippen LogP contribution < -0.4 is 5.32 Å². The fourth-order valence-corrected chi connectivity index (χ4v) is 1.84. The summed E-state index contributed by atoms with van der Waals surface area (Å²) in [6.07, 6.45) is 6.51. The van der Waals surface area contributed by atoms with Gasteiger partial charge in [-0.15, -0.1) is 0 Å². The number of carbonyl (C=O) groups excluding carboxylic acids is 2. The second-order valence-corrected chi connectivity index (χ2v) is 4.88. The van der Waals surface area contributed by atoms with E-state index in [1.807, 2.05) is 12.2 Å². The van der Waals surface area contributed by atoms with E-state index in [9.17, 15) is 9.59 Å². The lowest BCUT2D eigenvalue weighted by molar-refractivity contribution is -0.144. The molecule has 0 aromatic rings. The highest BCUT2D eigenvalue weighted by molar-refractivity contribution is 5.77. The molecule has 1 saturated carbocycles. The lowest BCUT2D eigenvalue weighted by Crippen LogP contribution is -2.41. The highest BCUT2D eigenvalue weighted by Gasteiger charge is 2.26. The van der Waals surface area contributed by atoms with Gasteiger partial charge in [-0.05, 0) is 18.8 Å². The molecule has 1 N–H and O–H groups in total. The number of nitrogens with one attached hydrogen (secondary N) is 1. The zero-order chi connectivity index (χ0) is 13.0. The topological polar surface area (TPSA) is 64.6 Å². The molecule has 1 fully saturated rings. The molecule has 0 saturated heterocycles. The lowest BCUT2D eigenvalue weighted by Gasteiger charge is -2.24. The van der Waals surface area contributed by atoms with Crippen LogP contribution in [0.3, 0.4) is 0 Å². The van der Waals surface area contributed by atoms with E-state index in [1.165, 1.54) is 19.8 Å². The van der Waals surface area contributed by atoms with Crippen LogP contribution in [0.5, 0.6) is 0 Å². The number of hydrogen-bond acceptors (Lipinski definition) is 4. The van der Waals surface area contributed by atoms with Gasteiger partial charge in [0.2, 0.25) is 5.91 Å². The van der Waals surface area contributed by atoms with Gasteiger partial charge >= 0.3 is 5.97 Å². The van der Waals surface area contributed by atoms with Gasteiger partial charge in [0.25, 0.3) is 0 Å². The third-order valence-corrected chi connectivity index (χ3v) is 3.02. The Balaban J connectivity index is 1.68. The van der Waals surface area contributed by atoms with Crippen LogP contribution in [0, 0.1) is 5.92 Å². The monoisotopic (exact) mass is 253 g/mol. The molecule has 5 nitrogen and oxygen atoms in total. The van der Waals surface area contributed by atoms with Crippen molar-refractivity contribution in [2.75, 3.05) is 13.2 Å². The van der Waals surface area contributed by atoms with E-state index in [4.69, 9.17) is 9.47 Å². The molecule has 0 bridgehead atoms. The molecule has 2 rings (SSSR count). The first-order chi connectivity index (χ1) is 8.63. The van der Waals surface area contributed by atoms with E-state index in [0.717, 1.165) is 0 Å². The van der Waals surface area contributed by atoms with Gasteiger partial charge < -0.3 is 14.8 Å². The van der Waals surface area contributed by atoms with Crippen molar-refractivity contribution in [3.8, 4) is 0 Å². The van der Waals surface area contributed by atoms with E-state index in [1.54, 1.807) is 0 Å². The van der Waals surface area contributed by atoms with Crippen molar-refractivity contribution in [3.63, 3.8) is 0 Å². The van der Waals surface area contributed by atoms with Crippen LogP contribution in [-0.4, -0.2) is 37.2 Å². The average Bonchev–Trinajstić information content (AvgIpc) is 3.12. The van der Waals surface area contributed by atoms with Crippen LogP contribution in [-0.2, 0) is 19.1 Å². The van der Waals surface area contributed by atoms with Gasteiger partial charge in [-0.1, -0.05) is 12.2 Å². The molecule has 2 aliphatic rings. The van der Waals surface area contributed by atoms with Crippen molar-refractivity contribution in [2.24, 2.45) is 5.92 Å². The molecule has 18 heavy (non-hydrogen) atoms. The fraction of sp³-hybridized carbons (Fsp3) is 0.692. The molecule has 5 heteroatoms. The van der Waals surface area contributed by atoms with Crippen LogP contribution in [0.25, 0.3) is 0 Å². The molecule has 0 aromatic carbocycles. The number of amides is 1. The highest BCUT2D eigenvalue weighted by atomic mass is 16.6. The largest absolute Gasteiger partial charge is 0.463 e. The number of hydrogen-bond donors (Lipinski definition) is 1. The van der Waals surface area contributed by atoms with Crippen LogP contribution in [0.1, 0.15) is 26.2 Å². The van der Waals surface area contributed by atoms with E-state index < -0.39 is 0 Å². The summed E-state index contributed by atoms with van der Waals surface area (Å²) in [7, 11) is 0. The number of ether oxygens (including phenoxy) is 2. The van der Waals surface area contributed by atoms with Gasteiger partial charge in [-0.2, -0.15) is 0 Å². The maximum absolute atomic E-state index is 11.6. The van der Waals surface area contributed by atoms with Gasteiger partial charge in [-0.3, -0.25) is 9.59 Å². The first-order valence-electron chi connectivity index (χ1n) is 6.36. The van der Waals surface area contributed by atoms with Crippen LogP contribution in [0.4, 0.5) is 0 Å². The van der Waals surface area contributed by atoms with E-state index in [-0.39, 0.29) is 30.6 Å². The fourth-order valence-electron chi connectivity index (χ4n) is 1.84. The van der Waals surface area contributed by atoms with Gasteiger partial charge in [0, 0.05) is 13.3 Å². The maximum Gasteiger partial charge on any atom is 0.302 e. The van der Waals surface area contributed by atoms with Crippen molar-refractivity contribution < 1.29 is 19.1 Å². The zero-order valence-corrected chi connectivity index (χ0v) is 10.6. The minimum Gasteiger partial charge on any atom is -0.463 e. The van der Waals surface area contributed by atoms with Crippen molar-refractivity contribution in [1.29, 1.82) is 0 Å². The molecule has 1 amide bonds. The normalized spacial score (nSPS) is 26.7. The molecule has 1 aliphatic carbocycles. The average molecular weight is 253 g/mol. The zero-order valence-electron chi connectivity index (χ0n) is 10.6. The van der Waals surface area contributed by atoms with Gasteiger partial charge in [0.1, 0.15) is 12.7 Å². The third-order valence-electron chi connectivity index (χ3n) is 3.02. The number of esters is 1. The summed E-state index contributed by atoms with van der Waals surface area (Å²) < 4.78 is 10.3. The van der Waals surface area contributed by atoms with Crippen molar-refractivity contribution in [2.45, 2.75) is 38.3 Å². The summed E-state index contributed by atoms with van der Waals surface area (Å²) >= 11 is 0. The Kier molecular flexibility index (Phi) is 4.36. The first-order valence-corrected chi connectivity index (χ1v) is 6.36. The molecular formula is C13H19NO4. The smallest absolute Gasteiger partial charge is 0.302 e. The number of rotatable bonds is 5. The predicted octanol–water partition coefficient (Wildman–Crippen LogP) is 0.789. The highest BCUT2D eigenvalue weighted by Crippen LogP contribution is 2.32. The van der Waals surface area contributed by atoms with Crippen molar-refractivity contribution in [3.05, 3.63) is 12.2 Å². The summed E-state index contributed by atoms with van der Waals surface area (Å²) in [5.74, 6) is 0.372. The Hall–Kier alpha value is -1.36. The lowest BCUT2D eigenvalue weighted by atomic mass is 10.1. The van der Waals surface area contributed by atoms with Crippen LogP contribution in [0.2, 0.25) is 0 Å². The maximum atomic E-state index is 11.6. The summed E-state index contributed by atoms with van der Waals surface area (Å²) in [6.45, 7) is 2.03. The molecule has 2 atom stereocenters. The molecule has 1 aliphatic heterocycles. The minimum absolute atomic E-state index is 0.0650.